The molecule has 0 saturated carbocycles. The maximum Gasteiger partial charge on any atom is 0.243 e. The first-order chi connectivity index (χ1) is 12.8. The molecule has 0 aromatic carbocycles. The molecule has 0 aromatic rings. The Bertz CT molecular complexity index is 603. The Kier molecular flexibility index (Phi) is 12.3. The summed E-state index contributed by atoms with van der Waals surface area (Å²) >= 11 is 0. The normalized spacial score (nSPS) is 16.5. The van der Waals surface area contributed by atoms with Crippen molar-refractivity contribution < 1.29 is 15.0 Å². The Morgan fingerprint density at radius 2 is 1.89 bits per heavy atom. The Balaban J connectivity index is 6.37. The monoisotopic (exact) mass is 376 g/mol. The molecule has 3 N–H and O–H groups in total. The van der Waals surface area contributed by atoms with Crippen molar-refractivity contribution >= 4 is 11.6 Å². The van der Waals surface area contributed by atoms with Crippen LogP contribution in [0, 0.1) is 11.8 Å². The van der Waals surface area contributed by atoms with E-state index in [-0.39, 0.29) is 18.4 Å². The first-order valence-electron chi connectivity index (χ1n) is 9.53. The fourth-order valence-corrected chi connectivity index (χ4v) is 2.42. The van der Waals surface area contributed by atoms with Crippen molar-refractivity contribution in [2.45, 2.75) is 46.6 Å². The highest BCUT2D eigenvalue weighted by Gasteiger charge is 2.22. The molecule has 3 unspecified atom stereocenters. The van der Waals surface area contributed by atoms with Crippen LogP contribution in [0.15, 0.2) is 53.1 Å². The Labute approximate surface area is 164 Å². The number of aliphatic hydroxyl groups is 2. The van der Waals surface area contributed by atoms with E-state index in [0.29, 0.717) is 22.8 Å². The second kappa shape index (κ2) is 13.2. The first kappa shape index (κ1) is 25.0. The van der Waals surface area contributed by atoms with Crippen LogP contribution in [0.2, 0.25) is 0 Å². The van der Waals surface area contributed by atoms with Crippen molar-refractivity contribution in [2.75, 3.05) is 20.2 Å². The highest BCUT2D eigenvalue weighted by molar-refractivity contribution is 6.08. The van der Waals surface area contributed by atoms with Crippen LogP contribution >= 0.6 is 0 Å². The molecule has 0 aliphatic carbocycles. The first-order valence-corrected chi connectivity index (χ1v) is 9.53. The van der Waals surface area contributed by atoms with Gasteiger partial charge in [-0.25, -0.2) is 0 Å². The third kappa shape index (κ3) is 8.06. The highest BCUT2D eigenvalue weighted by Crippen LogP contribution is 2.27. The minimum atomic E-state index is -1.06. The van der Waals surface area contributed by atoms with Gasteiger partial charge in [-0.05, 0) is 35.5 Å². The van der Waals surface area contributed by atoms with E-state index in [1.165, 1.54) is 6.08 Å². The standard InChI is InChI=1S/C22H36N2O3/c1-8-15(4)11-12-18(20(26)14-25)22(17(6)16(5)9-2)19(23-7)13-24-21(27)10-3/h10-12,15-16,20,25-26H,3,6,8-9,13-14H2,1-2,4-5,7H3,(H,24,27)/b12-11-,22-18-,23-19-. The molecule has 0 aliphatic rings. The summed E-state index contributed by atoms with van der Waals surface area (Å²) in [5.74, 6) is 0.181. The largest absolute Gasteiger partial charge is 0.393 e. The van der Waals surface area contributed by atoms with Gasteiger partial charge in [0.2, 0.25) is 5.91 Å². The maximum absolute atomic E-state index is 11.6. The lowest BCUT2D eigenvalue weighted by molar-refractivity contribution is -0.116. The van der Waals surface area contributed by atoms with Gasteiger partial charge >= 0.3 is 0 Å². The Morgan fingerprint density at radius 1 is 1.26 bits per heavy atom. The van der Waals surface area contributed by atoms with Crippen LogP contribution in [0.25, 0.3) is 0 Å². The number of nitrogens with zero attached hydrogens (tertiary/aromatic N) is 1. The summed E-state index contributed by atoms with van der Waals surface area (Å²) in [6.45, 7) is 15.7. The van der Waals surface area contributed by atoms with E-state index >= 15 is 0 Å². The molecule has 0 bridgehead atoms. The minimum Gasteiger partial charge on any atom is -0.393 e. The van der Waals surface area contributed by atoms with Gasteiger partial charge in [-0.2, -0.15) is 0 Å². The van der Waals surface area contributed by atoms with E-state index in [4.69, 9.17) is 0 Å². The number of allylic oxidation sites excluding steroid dienone is 2. The van der Waals surface area contributed by atoms with Crippen LogP contribution in [0.4, 0.5) is 0 Å². The van der Waals surface area contributed by atoms with Gasteiger partial charge in [0.15, 0.2) is 0 Å². The summed E-state index contributed by atoms with van der Waals surface area (Å²) in [4.78, 5) is 15.9. The van der Waals surface area contributed by atoms with Gasteiger partial charge < -0.3 is 15.5 Å². The molecule has 0 aliphatic heterocycles. The van der Waals surface area contributed by atoms with Gasteiger partial charge in [0, 0.05) is 12.6 Å². The van der Waals surface area contributed by atoms with Gasteiger partial charge in [-0.3, -0.25) is 9.79 Å². The number of hydrogen-bond acceptors (Lipinski definition) is 4. The summed E-state index contributed by atoms with van der Waals surface area (Å²) in [6, 6.07) is 0. The third-order valence-electron chi connectivity index (χ3n) is 4.77. The molecular weight excluding hydrogens is 340 g/mol. The van der Waals surface area contributed by atoms with E-state index in [0.717, 1.165) is 18.4 Å². The molecule has 27 heavy (non-hydrogen) atoms. The smallest absolute Gasteiger partial charge is 0.243 e. The average Bonchev–Trinajstić information content (AvgIpc) is 2.70. The molecule has 5 nitrogen and oxygen atoms in total. The second-order valence-electron chi connectivity index (χ2n) is 6.70. The van der Waals surface area contributed by atoms with Crippen LogP contribution in [-0.2, 0) is 4.79 Å². The van der Waals surface area contributed by atoms with Crippen molar-refractivity contribution in [3.63, 3.8) is 0 Å². The minimum absolute atomic E-state index is 0.157. The number of amides is 1. The molecule has 152 valence electrons. The maximum atomic E-state index is 11.6. The van der Waals surface area contributed by atoms with Gasteiger partial charge in [0.1, 0.15) is 6.10 Å². The summed E-state index contributed by atoms with van der Waals surface area (Å²) in [7, 11) is 1.64. The van der Waals surface area contributed by atoms with Crippen LogP contribution in [0.5, 0.6) is 0 Å². The number of rotatable bonds is 12. The zero-order chi connectivity index (χ0) is 21.0. The summed E-state index contributed by atoms with van der Waals surface area (Å²) in [5, 5.41) is 22.8. The zero-order valence-corrected chi connectivity index (χ0v) is 17.5. The van der Waals surface area contributed by atoms with Crippen molar-refractivity contribution in [1.29, 1.82) is 0 Å². The van der Waals surface area contributed by atoms with Crippen molar-refractivity contribution in [3.05, 3.63) is 48.1 Å². The molecule has 0 rings (SSSR count). The third-order valence-corrected chi connectivity index (χ3v) is 4.77. The van der Waals surface area contributed by atoms with Gasteiger partial charge in [-0.15, -0.1) is 0 Å². The van der Waals surface area contributed by atoms with E-state index in [9.17, 15) is 15.0 Å². The highest BCUT2D eigenvalue weighted by atomic mass is 16.3. The average molecular weight is 377 g/mol. The lowest BCUT2D eigenvalue weighted by Gasteiger charge is -2.24. The number of carbonyl (C=O) groups excluding carboxylic acids is 1. The molecular formula is C22H36N2O3. The van der Waals surface area contributed by atoms with E-state index < -0.39 is 12.7 Å². The molecule has 0 aromatic heterocycles. The molecule has 0 spiro atoms. The predicted molar refractivity (Wildman–Crippen MR) is 114 cm³/mol. The number of aliphatic imine (C=N–C) groups is 1. The Morgan fingerprint density at radius 3 is 2.33 bits per heavy atom. The zero-order valence-electron chi connectivity index (χ0n) is 17.5. The molecule has 5 heteroatoms. The molecule has 0 heterocycles. The van der Waals surface area contributed by atoms with Crippen LogP contribution in [0.3, 0.4) is 0 Å². The molecule has 0 radical (unpaired) electrons. The predicted octanol–water partition coefficient (Wildman–Crippen LogP) is 3.21. The fourth-order valence-electron chi connectivity index (χ4n) is 2.42. The van der Waals surface area contributed by atoms with E-state index in [1.807, 2.05) is 12.2 Å². The van der Waals surface area contributed by atoms with E-state index in [1.54, 1.807) is 7.05 Å². The number of aliphatic hydroxyl groups excluding tert-OH is 2. The molecule has 3 atom stereocenters. The van der Waals surface area contributed by atoms with Crippen molar-refractivity contribution in [1.82, 2.24) is 5.32 Å². The van der Waals surface area contributed by atoms with E-state index in [2.05, 4.69) is 51.2 Å². The van der Waals surface area contributed by atoms with Crippen molar-refractivity contribution in [2.24, 2.45) is 16.8 Å². The van der Waals surface area contributed by atoms with Crippen molar-refractivity contribution in [3.8, 4) is 0 Å². The summed E-state index contributed by atoms with van der Waals surface area (Å²) < 4.78 is 0. The number of carbonyl (C=O) groups is 1. The lowest BCUT2D eigenvalue weighted by Crippen LogP contribution is -2.31. The molecule has 0 fully saturated rings. The fraction of sp³-hybridized carbons (Fsp3) is 0.545. The topological polar surface area (TPSA) is 81.9 Å². The number of nitrogens with one attached hydrogen (secondary N) is 1. The lowest BCUT2D eigenvalue weighted by atomic mass is 9.85. The number of hydrogen-bond donors (Lipinski definition) is 3. The molecule has 0 saturated heterocycles. The molecule has 1 amide bonds. The van der Waals surface area contributed by atoms with Gasteiger partial charge in [0.05, 0.1) is 18.9 Å². The van der Waals surface area contributed by atoms with Crippen LogP contribution in [0.1, 0.15) is 40.5 Å². The second-order valence-corrected chi connectivity index (χ2v) is 6.70. The SMILES string of the molecule is C=CC(=O)NCC(=N/C)/C(C(=C)C(C)CC)=C(/C=C\C(C)CC)C(O)CO. The van der Waals surface area contributed by atoms with Gasteiger partial charge in [-0.1, -0.05) is 59.4 Å². The van der Waals surface area contributed by atoms with Crippen LogP contribution < -0.4 is 5.32 Å². The van der Waals surface area contributed by atoms with Gasteiger partial charge in [0.25, 0.3) is 0 Å². The quantitative estimate of drug-likeness (QED) is 0.278. The van der Waals surface area contributed by atoms with Crippen LogP contribution in [-0.4, -0.2) is 48.1 Å². The summed E-state index contributed by atoms with van der Waals surface area (Å²) in [6.07, 6.45) is 5.83. The Hall–Kier alpha value is -1.98. The summed E-state index contributed by atoms with van der Waals surface area (Å²) in [5.41, 5.74) is 2.68.